The van der Waals surface area contributed by atoms with Crippen LogP contribution in [0.15, 0.2) is 249 Å². The van der Waals surface area contributed by atoms with Gasteiger partial charge in [-0.25, -0.2) is 0 Å². The zero-order valence-corrected chi connectivity index (χ0v) is 45.7. The zero-order chi connectivity index (χ0) is 55.7. The van der Waals surface area contributed by atoms with E-state index in [1.54, 1.807) is 12.1 Å². The number of benzene rings is 10. The summed E-state index contributed by atoms with van der Waals surface area (Å²) in [5, 5.41) is 3.45. The molecule has 0 aliphatic carbocycles. The number of hydrogen-bond donors (Lipinski definition) is 1. The third kappa shape index (κ3) is 14.3. The summed E-state index contributed by atoms with van der Waals surface area (Å²) in [6.07, 6.45) is -0.465. The molecule has 0 aromatic heterocycles. The minimum atomic E-state index is -0.794. The number of amides is 1. The molecule has 1 heterocycles. The first-order valence-electron chi connectivity index (χ1n) is 27.6. The van der Waals surface area contributed by atoms with E-state index in [1.807, 2.05) is 244 Å². The number of fused-ring (bicyclic) bond motifs is 1. The van der Waals surface area contributed by atoms with Crippen molar-refractivity contribution in [1.82, 2.24) is 5.32 Å². The lowest BCUT2D eigenvalue weighted by atomic mass is 9.90. The van der Waals surface area contributed by atoms with Crippen LogP contribution >= 0.6 is 0 Å². The van der Waals surface area contributed by atoms with Crippen LogP contribution in [-0.2, 0) is 52.7 Å². The fourth-order valence-corrected chi connectivity index (χ4v) is 9.73. The molecule has 82 heavy (non-hydrogen) atoms. The standard InChI is InChI=1S/C72H63NO9/c1-51-37-63(75-44-52-23-9-2-10-24-52)61-43-62(73-72(74)60-41-67(78-47-55-29-15-5-16-30-55)71(81-50-58-35-21-8-22-36-58)68(42-60)79-48-56-31-17-6-18-32-56)69(82-64(61)38-51)59-39-65(76-45-53-25-11-3-12-26-53)70(80-49-57-33-19-7-20-34-57)66(40-59)77-46-54-27-13-4-14-28-54/h2-42,62,69H,43-50H2,1H3,(H,73,74)/t62-,69-/m1/s1. The molecular formula is C72H63NO9. The van der Waals surface area contributed by atoms with Crippen molar-refractivity contribution in [3.05, 3.63) is 310 Å². The first kappa shape index (κ1) is 54.0. The Morgan fingerprint density at radius 1 is 0.390 bits per heavy atom. The van der Waals surface area contributed by atoms with Crippen molar-refractivity contribution in [3.8, 4) is 46.0 Å². The molecule has 1 amide bonds. The number of carbonyl (C=O) groups excluding carboxylic acids is 1. The van der Waals surface area contributed by atoms with Gasteiger partial charge < -0.3 is 43.2 Å². The van der Waals surface area contributed by atoms with Crippen molar-refractivity contribution in [3.63, 3.8) is 0 Å². The molecule has 10 aromatic rings. The van der Waals surface area contributed by atoms with E-state index in [9.17, 15) is 0 Å². The summed E-state index contributed by atoms with van der Waals surface area (Å²) >= 11 is 0. The Morgan fingerprint density at radius 2 is 0.695 bits per heavy atom. The highest BCUT2D eigenvalue weighted by Crippen LogP contribution is 2.47. The van der Waals surface area contributed by atoms with Gasteiger partial charge in [-0.05, 0) is 87.8 Å². The van der Waals surface area contributed by atoms with Crippen molar-refractivity contribution in [2.45, 2.75) is 71.7 Å². The van der Waals surface area contributed by atoms with Crippen LogP contribution in [0.5, 0.6) is 46.0 Å². The maximum atomic E-state index is 15.5. The van der Waals surface area contributed by atoms with Gasteiger partial charge in [0.05, 0.1) is 6.04 Å². The third-order valence-electron chi connectivity index (χ3n) is 14.0. The molecule has 410 valence electrons. The van der Waals surface area contributed by atoms with Gasteiger partial charge in [-0.2, -0.15) is 0 Å². The zero-order valence-electron chi connectivity index (χ0n) is 45.7. The molecule has 0 saturated carbocycles. The Kier molecular flexibility index (Phi) is 17.7. The van der Waals surface area contributed by atoms with E-state index in [1.165, 1.54) is 0 Å². The number of hydrogen-bond acceptors (Lipinski definition) is 9. The van der Waals surface area contributed by atoms with Gasteiger partial charge in [-0.1, -0.05) is 212 Å². The number of rotatable bonds is 24. The van der Waals surface area contributed by atoms with E-state index in [0.717, 1.165) is 50.1 Å². The van der Waals surface area contributed by atoms with E-state index >= 15 is 4.79 Å². The highest BCUT2D eigenvalue weighted by molar-refractivity contribution is 5.96. The van der Waals surface area contributed by atoms with Crippen molar-refractivity contribution < 1.29 is 42.7 Å². The molecule has 0 radical (unpaired) electrons. The van der Waals surface area contributed by atoms with Crippen LogP contribution in [0.3, 0.4) is 0 Å². The molecule has 10 aromatic carbocycles. The van der Waals surface area contributed by atoms with Crippen LogP contribution in [0.2, 0.25) is 0 Å². The minimum absolute atomic E-state index is 0.209. The van der Waals surface area contributed by atoms with Gasteiger partial charge in [0.15, 0.2) is 23.0 Å². The Bertz CT molecular complexity index is 3520. The van der Waals surface area contributed by atoms with Crippen LogP contribution in [-0.4, -0.2) is 11.9 Å². The molecule has 1 aliphatic rings. The smallest absolute Gasteiger partial charge is 0.251 e. The van der Waals surface area contributed by atoms with E-state index in [4.69, 9.17) is 37.9 Å². The van der Waals surface area contributed by atoms with Gasteiger partial charge in [-0.15, -0.1) is 0 Å². The van der Waals surface area contributed by atoms with Gasteiger partial charge in [-0.3, -0.25) is 4.79 Å². The van der Waals surface area contributed by atoms with Gasteiger partial charge in [0.1, 0.15) is 63.9 Å². The Morgan fingerprint density at radius 3 is 1.04 bits per heavy atom. The summed E-state index contributed by atoms with van der Waals surface area (Å²) in [4.78, 5) is 15.5. The van der Waals surface area contributed by atoms with E-state index in [-0.39, 0.29) is 45.2 Å². The van der Waals surface area contributed by atoms with Crippen molar-refractivity contribution >= 4 is 5.91 Å². The number of carbonyl (C=O) groups is 1. The number of aryl methyl sites for hydroxylation is 1. The molecule has 1 N–H and O–H groups in total. The normalized spacial score (nSPS) is 13.4. The second-order valence-electron chi connectivity index (χ2n) is 20.1. The van der Waals surface area contributed by atoms with Gasteiger partial charge in [0, 0.05) is 23.1 Å². The highest BCUT2D eigenvalue weighted by Gasteiger charge is 2.37. The van der Waals surface area contributed by atoms with Crippen LogP contribution in [0, 0.1) is 6.92 Å². The summed E-state index contributed by atoms with van der Waals surface area (Å²) in [6.45, 7) is 3.75. The lowest BCUT2D eigenvalue weighted by Gasteiger charge is -2.36. The maximum absolute atomic E-state index is 15.5. The Labute approximate surface area is 479 Å². The summed E-state index contributed by atoms with van der Waals surface area (Å²) < 4.78 is 54.1. The van der Waals surface area contributed by atoms with Crippen LogP contribution in [0.25, 0.3) is 0 Å². The fraction of sp³-hybridized carbons (Fsp3) is 0.153. The maximum Gasteiger partial charge on any atom is 0.251 e. The first-order chi connectivity index (χ1) is 40.4. The van der Waals surface area contributed by atoms with Crippen LogP contribution in [0.4, 0.5) is 0 Å². The number of nitrogens with one attached hydrogen (secondary N) is 1. The highest BCUT2D eigenvalue weighted by atomic mass is 16.6. The molecule has 0 saturated heterocycles. The molecule has 2 atom stereocenters. The van der Waals surface area contributed by atoms with Gasteiger partial charge in [0.2, 0.25) is 11.5 Å². The molecule has 0 bridgehead atoms. The lowest BCUT2D eigenvalue weighted by molar-refractivity contribution is 0.0834. The summed E-state index contributed by atoms with van der Waals surface area (Å²) in [5.41, 5.74) is 9.50. The average Bonchev–Trinajstić information content (AvgIpc) is 3.68. The summed E-state index contributed by atoms with van der Waals surface area (Å²) in [5.74, 6) is 3.29. The molecule has 0 unspecified atom stereocenters. The largest absolute Gasteiger partial charge is 0.488 e. The van der Waals surface area contributed by atoms with Gasteiger partial charge >= 0.3 is 0 Å². The second kappa shape index (κ2) is 26.8. The topological polar surface area (TPSA) is 103 Å². The number of ether oxygens (including phenoxy) is 8. The van der Waals surface area contributed by atoms with Crippen molar-refractivity contribution in [2.75, 3.05) is 0 Å². The van der Waals surface area contributed by atoms with E-state index < -0.39 is 18.1 Å². The molecule has 1 aliphatic heterocycles. The summed E-state index contributed by atoms with van der Waals surface area (Å²) in [7, 11) is 0. The Hall–Kier alpha value is -9.93. The molecular weight excluding hydrogens is 1020 g/mol. The average molecular weight is 1090 g/mol. The monoisotopic (exact) mass is 1090 g/mol. The molecule has 0 spiro atoms. The predicted octanol–water partition coefficient (Wildman–Crippen LogP) is 15.5. The summed E-state index contributed by atoms with van der Waals surface area (Å²) in [6, 6.07) is 80.4. The lowest BCUT2D eigenvalue weighted by Crippen LogP contribution is -2.45. The molecule has 11 rings (SSSR count). The van der Waals surface area contributed by atoms with Crippen molar-refractivity contribution in [1.29, 1.82) is 0 Å². The van der Waals surface area contributed by atoms with Crippen LogP contribution < -0.4 is 43.2 Å². The molecule has 10 nitrogen and oxygen atoms in total. The predicted molar refractivity (Wildman–Crippen MR) is 318 cm³/mol. The molecule has 0 fully saturated rings. The molecule has 10 heteroatoms. The Balaban J connectivity index is 1.01. The SMILES string of the molecule is Cc1cc(OCc2ccccc2)c2c(c1)O[C@H](c1cc(OCc3ccccc3)c(OCc3ccccc3)c(OCc3ccccc3)c1)[C@H](NC(=O)c1cc(OCc3ccccc3)c(OCc3ccccc3)c(OCc3ccccc3)c1)C2. The first-order valence-corrected chi connectivity index (χ1v) is 27.6. The van der Waals surface area contributed by atoms with E-state index in [2.05, 4.69) is 5.32 Å². The van der Waals surface area contributed by atoms with E-state index in [0.29, 0.717) is 64.6 Å². The van der Waals surface area contributed by atoms with Crippen LogP contribution in [0.1, 0.15) is 72.1 Å². The minimum Gasteiger partial charge on any atom is -0.488 e. The third-order valence-corrected chi connectivity index (χ3v) is 14.0. The van der Waals surface area contributed by atoms with Gasteiger partial charge in [0.25, 0.3) is 5.91 Å². The quantitative estimate of drug-likeness (QED) is 0.0634. The second-order valence-corrected chi connectivity index (χ2v) is 20.1. The van der Waals surface area contributed by atoms with Crippen molar-refractivity contribution in [2.24, 2.45) is 0 Å². The fourth-order valence-electron chi connectivity index (χ4n) is 9.73.